The van der Waals surface area contributed by atoms with E-state index in [4.69, 9.17) is 58.0 Å². The Morgan fingerprint density at radius 1 is 0.913 bits per heavy atom. The maximum atomic E-state index is 11.1. The van der Waals surface area contributed by atoms with Gasteiger partial charge in [0.1, 0.15) is 26.0 Å². The van der Waals surface area contributed by atoms with Crippen LogP contribution in [-0.4, -0.2) is 21.5 Å². The summed E-state index contributed by atoms with van der Waals surface area (Å²) in [6, 6.07) is 3.06. The Morgan fingerprint density at radius 3 is 2.04 bits per heavy atom. The third-order valence-corrected chi connectivity index (χ3v) is 6.34. The Morgan fingerprint density at radius 2 is 1.43 bits per heavy atom. The summed E-state index contributed by atoms with van der Waals surface area (Å²) in [4.78, 5) is 19.6. The van der Waals surface area contributed by atoms with Crippen LogP contribution < -0.4 is 0 Å². The van der Waals surface area contributed by atoms with Crippen LogP contribution in [0.15, 0.2) is 27.2 Å². The first kappa shape index (κ1) is 19.4. The van der Waals surface area contributed by atoms with Crippen molar-refractivity contribution in [3.63, 3.8) is 0 Å². The van der Waals surface area contributed by atoms with Crippen LogP contribution in [0.2, 0.25) is 25.2 Å². The molecule has 23 heavy (non-hydrogen) atoms. The summed E-state index contributed by atoms with van der Waals surface area (Å²) < 4.78 is 0. The van der Waals surface area contributed by atoms with Crippen LogP contribution in [0, 0.1) is 0 Å². The monoisotopic (exact) mass is 446 g/mol. The maximum absolute atomic E-state index is 11.1. The van der Waals surface area contributed by atoms with Gasteiger partial charge in [-0.15, -0.1) is 0 Å². The van der Waals surface area contributed by atoms with Gasteiger partial charge in [-0.2, -0.15) is 0 Å². The molecule has 0 aliphatic carbocycles. The lowest BCUT2D eigenvalue weighted by molar-refractivity contribution is -0.114. The molecule has 0 saturated carbocycles. The number of hydrogen-bond acceptors (Lipinski definition) is 5. The molecule has 0 radical (unpaired) electrons. The molecule has 0 bridgehead atoms. The molecule has 0 saturated heterocycles. The summed E-state index contributed by atoms with van der Waals surface area (Å²) in [6.45, 7) is 1.49. The minimum atomic E-state index is 0.0196. The zero-order valence-corrected chi connectivity index (χ0v) is 16.8. The zero-order valence-electron chi connectivity index (χ0n) is 11.4. The minimum Gasteiger partial charge on any atom is -0.299 e. The highest BCUT2D eigenvalue weighted by molar-refractivity contribution is 8.00. The van der Waals surface area contributed by atoms with Gasteiger partial charge < -0.3 is 0 Å². The second-order valence-electron chi connectivity index (χ2n) is 4.20. The van der Waals surface area contributed by atoms with Gasteiger partial charge in [0.25, 0.3) is 0 Å². The van der Waals surface area contributed by atoms with Gasteiger partial charge in [-0.05, 0) is 30.8 Å². The fourth-order valence-electron chi connectivity index (χ4n) is 1.37. The number of carbonyl (C=O) groups excluding carboxylic acids is 1. The summed E-state index contributed by atoms with van der Waals surface area (Å²) in [7, 11) is 0. The number of halogens is 5. The van der Waals surface area contributed by atoms with Gasteiger partial charge in [0, 0.05) is 0 Å². The number of hydrogen-bond donors (Lipinski definition) is 0. The lowest BCUT2D eigenvalue weighted by Crippen LogP contribution is -1.96. The molecule has 0 spiro atoms. The number of thioether (sulfide) groups is 1. The summed E-state index contributed by atoms with van der Waals surface area (Å²) in [5.41, 5.74) is 0. The lowest BCUT2D eigenvalue weighted by Gasteiger charge is -2.09. The van der Waals surface area contributed by atoms with E-state index in [2.05, 4.69) is 9.97 Å². The topological polar surface area (TPSA) is 42.9 Å². The van der Waals surface area contributed by atoms with Crippen LogP contribution in [0.5, 0.6) is 0 Å². The normalized spacial score (nSPS) is 10.9. The van der Waals surface area contributed by atoms with Crippen LogP contribution in [-0.2, 0) is 4.79 Å². The van der Waals surface area contributed by atoms with E-state index >= 15 is 0 Å². The van der Waals surface area contributed by atoms with Gasteiger partial charge in [0.2, 0.25) is 0 Å². The van der Waals surface area contributed by atoms with Crippen molar-refractivity contribution in [3.8, 4) is 0 Å². The van der Waals surface area contributed by atoms with Gasteiger partial charge in [0.15, 0.2) is 0 Å². The molecule has 2 rings (SSSR count). The van der Waals surface area contributed by atoms with Crippen molar-refractivity contribution in [1.82, 2.24) is 9.97 Å². The maximum Gasteiger partial charge on any atom is 0.149 e. The molecule has 2 aromatic rings. The van der Waals surface area contributed by atoms with Crippen molar-refractivity contribution in [2.75, 3.05) is 5.75 Å². The highest BCUT2D eigenvalue weighted by atomic mass is 35.5. The fourth-order valence-corrected chi connectivity index (χ4v) is 4.19. The Kier molecular flexibility index (Phi) is 7.17. The summed E-state index contributed by atoms with van der Waals surface area (Å²) in [6.07, 6.45) is 0. The van der Waals surface area contributed by atoms with Crippen LogP contribution >= 0.6 is 81.5 Å². The Bertz CT molecular complexity index is 773. The molecule has 0 aromatic carbocycles. The van der Waals surface area contributed by atoms with Crippen molar-refractivity contribution < 1.29 is 4.79 Å². The summed E-state index contributed by atoms with van der Waals surface area (Å²) in [5.74, 6) is 0.288. The first-order chi connectivity index (χ1) is 10.8. The molecule has 0 fully saturated rings. The third kappa shape index (κ3) is 5.30. The molecule has 0 aliphatic heterocycles. The molecular formula is C13H7Cl5N2OS2. The van der Waals surface area contributed by atoms with Crippen molar-refractivity contribution in [1.29, 1.82) is 0 Å². The second-order valence-corrected chi connectivity index (χ2v) is 8.13. The summed E-state index contributed by atoms with van der Waals surface area (Å²) >= 11 is 32.5. The average molecular weight is 449 g/mol. The van der Waals surface area contributed by atoms with Gasteiger partial charge in [-0.1, -0.05) is 69.8 Å². The van der Waals surface area contributed by atoms with Crippen LogP contribution in [0.25, 0.3) is 0 Å². The van der Waals surface area contributed by atoms with Crippen molar-refractivity contribution in [3.05, 3.63) is 37.4 Å². The average Bonchev–Trinajstić information content (AvgIpc) is 2.45. The smallest absolute Gasteiger partial charge is 0.149 e. The van der Waals surface area contributed by atoms with E-state index in [9.17, 15) is 4.79 Å². The number of rotatable bonds is 5. The van der Waals surface area contributed by atoms with E-state index in [1.165, 1.54) is 24.8 Å². The standard InChI is InChI=1S/C13H7Cl5N2OS2/c1-5(21)4-22-11-7(15)3-9(17)13(20-11)23-12-8(16)2-6(14)10(18)19-12/h2-3H,4H2,1H3. The Labute approximate surface area is 166 Å². The van der Waals surface area contributed by atoms with E-state index in [1.54, 1.807) is 6.07 Å². The molecule has 0 atom stereocenters. The highest BCUT2D eigenvalue weighted by Crippen LogP contribution is 2.40. The van der Waals surface area contributed by atoms with Gasteiger partial charge in [0.05, 0.1) is 25.8 Å². The number of pyridine rings is 2. The zero-order chi connectivity index (χ0) is 17.1. The number of ketones is 1. The first-order valence-corrected chi connectivity index (χ1v) is 9.64. The first-order valence-electron chi connectivity index (χ1n) is 5.95. The van der Waals surface area contributed by atoms with Crippen molar-refractivity contribution in [2.24, 2.45) is 0 Å². The number of nitrogens with zero attached hydrogens (tertiary/aromatic N) is 2. The van der Waals surface area contributed by atoms with Crippen molar-refractivity contribution >= 4 is 87.3 Å². The lowest BCUT2D eigenvalue weighted by atomic mass is 10.5. The molecule has 2 aromatic heterocycles. The third-order valence-electron chi connectivity index (χ3n) is 2.33. The molecule has 0 amide bonds. The predicted molar refractivity (Wildman–Crippen MR) is 99.1 cm³/mol. The largest absolute Gasteiger partial charge is 0.299 e. The fraction of sp³-hybridized carbons (Fsp3) is 0.154. The van der Waals surface area contributed by atoms with E-state index in [1.807, 2.05) is 0 Å². The quantitative estimate of drug-likeness (QED) is 0.382. The highest BCUT2D eigenvalue weighted by Gasteiger charge is 2.15. The number of Topliss-reactive ketones (excluding diaryl/α,β-unsaturated/α-hetero) is 1. The van der Waals surface area contributed by atoms with Crippen LogP contribution in [0.3, 0.4) is 0 Å². The number of carbonyl (C=O) groups is 1. The van der Waals surface area contributed by atoms with Gasteiger partial charge >= 0.3 is 0 Å². The minimum absolute atomic E-state index is 0.0196. The van der Waals surface area contributed by atoms with E-state index in [0.717, 1.165) is 11.8 Å². The molecule has 122 valence electrons. The SMILES string of the molecule is CC(=O)CSc1nc(Sc2nc(Cl)c(Cl)cc2Cl)c(Cl)cc1Cl. The summed E-state index contributed by atoms with van der Waals surface area (Å²) in [5, 5.41) is 2.81. The van der Waals surface area contributed by atoms with Crippen molar-refractivity contribution in [2.45, 2.75) is 22.0 Å². The molecule has 0 unspecified atom stereocenters. The second kappa shape index (κ2) is 8.48. The Balaban J connectivity index is 2.34. The molecular weight excluding hydrogens is 442 g/mol. The molecule has 0 aliphatic rings. The van der Waals surface area contributed by atoms with E-state index in [-0.39, 0.29) is 21.7 Å². The van der Waals surface area contributed by atoms with E-state index in [0.29, 0.717) is 30.1 Å². The Hall–Kier alpha value is 0.120. The van der Waals surface area contributed by atoms with Crippen LogP contribution in [0.4, 0.5) is 0 Å². The van der Waals surface area contributed by atoms with Gasteiger partial charge in [-0.25, -0.2) is 9.97 Å². The van der Waals surface area contributed by atoms with Gasteiger partial charge in [-0.3, -0.25) is 4.79 Å². The van der Waals surface area contributed by atoms with Crippen LogP contribution in [0.1, 0.15) is 6.92 Å². The molecule has 2 heterocycles. The predicted octanol–water partition coefficient (Wildman–Crippen LogP) is 6.58. The molecule has 10 heteroatoms. The van der Waals surface area contributed by atoms with E-state index < -0.39 is 0 Å². The number of aromatic nitrogens is 2. The molecule has 0 N–H and O–H groups in total. The molecule has 3 nitrogen and oxygen atoms in total.